The van der Waals surface area contributed by atoms with Crippen molar-refractivity contribution in [3.8, 4) is 22.7 Å². The molecule has 0 bridgehead atoms. The number of benzene rings is 1. The molecular weight excluding hydrogens is 330 g/mol. The molecule has 0 spiro atoms. The van der Waals surface area contributed by atoms with Crippen LogP contribution in [0.1, 0.15) is 23.8 Å². The van der Waals surface area contributed by atoms with Gasteiger partial charge in [0, 0.05) is 22.9 Å². The molecule has 0 atom stereocenters. The van der Waals surface area contributed by atoms with Gasteiger partial charge in [-0.15, -0.1) is 11.3 Å². The Labute approximate surface area is 143 Å². The first-order valence-electron chi connectivity index (χ1n) is 7.69. The molecule has 1 N–H and O–H groups in total. The van der Waals surface area contributed by atoms with E-state index in [9.17, 15) is 0 Å². The lowest BCUT2D eigenvalue weighted by Gasteiger charge is -2.20. The van der Waals surface area contributed by atoms with Crippen molar-refractivity contribution >= 4 is 22.9 Å². The third-order valence-corrected chi connectivity index (χ3v) is 5.46. The third kappa shape index (κ3) is 3.04. The SMILES string of the molecule is Clc1ccccc1-c1cc(-c2csc(C3CCNCC3)n2)no1. The van der Waals surface area contributed by atoms with Crippen molar-refractivity contribution < 1.29 is 4.52 Å². The molecule has 0 unspecified atom stereocenters. The number of nitrogens with one attached hydrogen (secondary N) is 1. The predicted octanol–water partition coefficient (Wildman–Crippen LogP) is 4.59. The van der Waals surface area contributed by atoms with Gasteiger partial charge in [-0.3, -0.25) is 0 Å². The van der Waals surface area contributed by atoms with Gasteiger partial charge in [0.05, 0.1) is 10.0 Å². The van der Waals surface area contributed by atoms with Gasteiger partial charge in [0.15, 0.2) is 5.76 Å². The van der Waals surface area contributed by atoms with E-state index < -0.39 is 0 Å². The third-order valence-electron chi connectivity index (χ3n) is 4.12. The summed E-state index contributed by atoms with van der Waals surface area (Å²) in [6, 6.07) is 9.50. The van der Waals surface area contributed by atoms with Gasteiger partial charge in [0.1, 0.15) is 11.4 Å². The second-order valence-electron chi connectivity index (χ2n) is 5.65. The van der Waals surface area contributed by atoms with Crippen LogP contribution < -0.4 is 5.32 Å². The first kappa shape index (κ1) is 14.9. The summed E-state index contributed by atoms with van der Waals surface area (Å²) < 4.78 is 5.46. The van der Waals surface area contributed by atoms with Crippen LogP contribution >= 0.6 is 22.9 Å². The smallest absolute Gasteiger partial charge is 0.169 e. The van der Waals surface area contributed by atoms with Crippen LogP contribution in [-0.2, 0) is 0 Å². The Morgan fingerprint density at radius 3 is 2.83 bits per heavy atom. The summed E-state index contributed by atoms with van der Waals surface area (Å²) >= 11 is 7.92. The Kier molecular flexibility index (Phi) is 4.16. The summed E-state index contributed by atoms with van der Waals surface area (Å²) in [4.78, 5) is 4.77. The van der Waals surface area contributed by atoms with Gasteiger partial charge >= 0.3 is 0 Å². The number of hydrogen-bond acceptors (Lipinski definition) is 5. The van der Waals surface area contributed by atoms with Gasteiger partial charge in [-0.1, -0.05) is 28.9 Å². The highest BCUT2D eigenvalue weighted by Gasteiger charge is 2.20. The topological polar surface area (TPSA) is 51.0 Å². The van der Waals surface area contributed by atoms with E-state index in [0.29, 0.717) is 16.7 Å². The van der Waals surface area contributed by atoms with Gasteiger partial charge in [-0.05, 0) is 38.1 Å². The molecule has 118 valence electrons. The normalized spacial score (nSPS) is 15.9. The average molecular weight is 346 g/mol. The molecule has 0 aliphatic carbocycles. The van der Waals surface area contributed by atoms with Crippen LogP contribution in [0.25, 0.3) is 22.7 Å². The number of piperidine rings is 1. The summed E-state index contributed by atoms with van der Waals surface area (Å²) in [5, 5.41) is 11.5. The first-order valence-corrected chi connectivity index (χ1v) is 8.95. The molecule has 1 fully saturated rings. The lowest BCUT2D eigenvalue weighted by Crippen LogP contribution is -2.26. The number of aromatic nitrogens is 2. The van der Waals surface area contributed by atoms with E-state index in [4.69, 9.17) is 21.1 Å². The van der Waals surface area contributed by atoms with Crippen molar-refractivity contribution in [2.75, 3.05) is 13.1 Å². The highest BCUT2D eigenvalue weighted by atomic mass is 35.5. The van der Waals surface area contributed by atoms with E-state index in [0.717, 1.165) is 42.9 Å². The van der Waals surface area contributed by atoms with E-state index in [2.05, 4.69) is 15.9 Å². The fourth-order valence-corrected chi connectivity index (χ4v) is 4.06. The maximum absolute atomic E-state index is 6.21. The average Bonchev–Trinajstić information content (AvgIpc) is 3.25. The molecule has 1 aliphatic rings. The van der Waals surface area contributed by atoms with Crippen molar-refractivity contribution in [3.63, 3.8) is 0 Å². The van der Waals surface area contributed by atoms with Crippen LogP contribution in [0, 0.1) is 0 Å². The second kappa shape index (κ2) is 6.43. The van der Waals surface area contributed by atoms with E-state index >= 15 is 0 Å². The van der Waals surface area contributed by atoms with Crippen LogP contribution in [0.2, 0.25) is 5.02 Å². The summed E-state index contributed by atoms with van der Waals surface area (Å²) in [5.41, 5.74) is 2.49. The van der Waals surface area contributed by atoms with Gasteiger partial charge in [0.2, 0.25) is 0 Å². The van der Waals surface area contributed by atoms with Crippen LogP contribution in [0.3, 0.4) is 0 Å². The van der Waals surface area contributed by atoms with E-state index in [1.54, 1.807) is 11.3 Å². The van der Waals surface area contributed by atoms with Crippen LogP contribution in [0.4, 0.5) is 0 Å². The van der Waals surface area contributed by atoms with Crippen LogP contribution in [-0.4, -0.2) is 23.2 Å². The number of nitrogens with zero attached hydrogens (tertiary/aromatic N) is 2. The minimum Gasteiger partial charge on any atom is -0.356 e. The zero-order valence-electron chi connectivity index (χ0n) is 12.5. The van der Waals surface area contributed by atoms with E-state index in [1.165, 1.54) is 5.01 Å². The Bertz CT molecular complexity index is 808. The lowest BCUT2D eigenvalue weighted by atomic mass is 9.99. The Morgan fingerprint density at radius 2 is 2.00 bits per heavy atom. The molecule has 6 heteroatoms. The zero-order valence-corrected chi connectivity index (χ0v) is 14.0. The van der Waals surface area contributed by atoms with Crippen molar-refractivity contribution in [3.05, 3.63) is 45.7 Å². The molecule has 4 nitrogen and oxygen atoms in total. The summed E-state index contributed by atoms with van der Waals surface area (Å²) in [6.07, 6.45) is 2.30. The molecule has 1 saturated heterocycles. The molecule has 2 aromatic heterocycles. The Morgan fingerprint density at radius 1 is 1.17 bits per heavy atom. The molecule has 0 radical (unpaired) electrons. The number of halogens is 1. The second-order valence-corrected chi connectivity index (χ2v) is 6.95. The van der Waals surface area contributed by atoms with Gasteiger partial charge in [-0.2, -0.15) is 0 Å². The summed E-state index contributed by atoms with van der Waals surface area (Å²) in [5.74, 6) is 1.23. The van der Waals surface area contributed by atoms with Gasteiger partial charge < -0.3 is 9.84 Å². The highest BCUT2D eigenvalue weighted by molar-refractivity contribution is 7.10. The molecule has 1 aromatic carbocycles. The summed E-state index contributed by atoms with van der Waals surface area (Å²) in [6.45, 7) is 2.14. The minimum absolute atomic E-state index is 0.560. The molecular formula is C17H16ClN3OS. The van der Waals surface area contributed by atoms with Crippen LogP contribution in [0.5, 0.6) is 0 Å². The molecule has 3 aromatic rings. The first-order chi connectivity index (χ1) is 11.3. The Balaban J connectivity index is 1.60. The fourth-order valence-electron chi connectivity index (χ4n) is 2.85. The number of hydrogen-bond donors (Lipinski definition) is 1. The van der Waals surface area contributed by atoms with E-state index in [1.807, 2.05) is 30.3 Å². The monoisotopic (exact) mass is 345 g/mol. The van der Waals surface area contributed by atoms with Crippen molar-refractivity contribution in [2.45, 2.75) is 18.8 Å². The van der Waals surface area contributed by atoms with Crippen molar-refractivity contribution in [2.24, 2.45) is 0 Å². The molecule has 3 heterocycles. The number of thiazole rings is 1. The fraction of sp³-hybridized carbons (Fsp3) is 0.294. The quantitative estimate of drug-likeness (QED) is 0.754. The largest absolute Gasteiger partial charge is 0.356 e. The Hall–Kier alpha value is -1.69. The summed E-state index contributed by atoms with van der Waals surface area (Å²) in [7, 11) is 0. The standard InChI is InChI=1S/C17H16ClN3OS/c18-13-4-2-1-3-12(13)16-9-14(21-22-16)15-10-23-17(20-15)11-5-7-19-8-6-11/h1-4,9-11,19H,5-8H2. The highest BCUT2D eigenvalue weighted by Crippen LogP contribution is 2.33. The minimum atomic E-state index is 0.560. The molecule has 0 amide bonds. The maximum Gasteiger partial charge on any atom is 0.169 e. The molecule has 1 aliphatic heterocycles. The molecule has 0 saturated carbocycles. The molecule has 4 rings (SSSR count). The zero-order chi connectivity index (χ0) is 15.6. The van der Waals surface area contributed by atoms with Crippen molar-refractivity contribution in [1.29, 1.82) is 0 Å². The maximum atomic E-state index is 6.21. The lowest BCUT2D eigenvalue weighted by molar-refractivity contribution is 0.434. The van der Waals surface area contributed by atoms with Gasteiger partial charge in [-0.25, -0.2) is 4.98 Å². The predicted molar refractivity (Wildman–Crippen MR) is 92.9 cm³/mol. The van der Waals surface area contributed by atoms with Gasteiger partial charge in [0.25, 0.3) is 0 Å². The molecule has 23 heavy (non-hydrogen) atoms. The van der Waals surface area contributed by atoms with Crippen molar-refractivity contribution in [1.82, 2.24) is 15.5 Å². The van der Waals surface area contributed by atoms with E-state index in [-0.39, 0.29) is 0 Å². The number of rotatable bonds is 3. The van der Waals surface area contributed by atoms with Crippen LogP contribution in [0.15, 0.2) is 40.2 Å².